The fraction of sp³-hybridized carbons (Fsp3) is 0.409. The third kappa shape index (κ3) is 5.02. The topological polar surface area (TPSA) is 36.8 Å². The van der Waals surface area contributed by atoms with Crippen molar-refractivity contribution in [2.75, 3.05) is 37.6 Å². The highest BCUT2D eigenvalue weighted by molar-refractivity contribution is 6.30. The molecule has 2 aromatic carbocycles. The van der Waals surface area contributed by atoms with E-state index < -0.39 is 0 Å². The van der Waals surface area contributed by atoms with Gasteiger partial charge in [-0.15, -0.1) is 0 Å². The Morgan fingerprint density at radius 2 is 1.89 bits per heavy atom. The number of carbonyl (C=O) groups excluding carboxylic acids is 1. The molecule has 1 saturated heterocycles. The second-order valence-corrected chi connectivity index (χ2v) is 7.91. The summed E-state index contributed by atoms with van der Waals surface area (Å²) in [5, 5.41) is 3.79. The molecule has 0 bridgehead atoms. The number of hydrogen-bond donors (Lipinski definition) is 2. The summed E-state index contributed by atoms with van der Waals surface area (Å²) in [6.45, 7) is 10.8. The normalized spacial score (nSPS) is 16.2. The fourth-order valence-electron chi connectivity index (χ4n) is 3.70. The molecule has 0 aromatic heterocycles. The maximum absolute atomic E-state index is 12.5. The van der Waals surface area contributed by atoms with E-state index in [4.69, 9.17) is 11.6 Å². The summed E-state index contributed by atoms with van der Waals surface area (Å²) in [4.78, 5) is 16.2. The molecule has 1 amide bonds. The summed E-state index contributed by atoms with van der Waals surface area (Å²) in [5.74, 6) is 0.0951. The van der Waals surface area contributed by atoms with E-state index in [0.29, 0.717) is 11.6 Å². The van der Waals surface area contributed by atoms with Crippen LogP contribution in [0.15, 0.2) is 42.5 Å². The van der Waals surface area contributed by atoms with Crippen molar-refractivity contribution < 1.29 is 9.69 Å². The summed E-state index contributed by atoms with van der Waals surface area (Å²) >= 11 is 6.04. The number of rotatable bonds is 5. The zero-order chi connectivity index (χ0) is 19.4. The summed E-state index contributed by atoms with van der Waals surface area (Å²) in [6.07, 6.45) is 0. The van der Waals surface area contributed by atoms with Gasteiger partial charge in [0.15, 0.2) is 6.54 Å². The van der Waals surface area contributed by atoms with Crippen molar-refractivity contribution in [3.63, 3.8) is 0 Å². The lowest BCUT2D eigenvalue weighted by molar-refractivity contribution is -0.892. The lowest BCUT2D eigenvalue weighted by atomic mass is 10.1. The standard InChI is InChI=1S/C22H28ClN3O/c1-16-6-4-9-21(17(16)2)26-12-10-25(11-13-26)15-22(27)24-18(3)19-7-5-8-20(23)14-19/h4-9,14,18H,10-13,15H2,1-3H3,(H,24,27)/p+1/t18-/m1/s1. The van der Waals surface area contributed by atoms with E-state index in [0.717, 1.165) is 31.7 Å². The third-order valence-electron chi connectivity index (χ3n) is 5.52. The summed E-state index contributed by atoms with van der Waals surface area (Å²) in [5.41, 5.74) is 5.05. The number of hydrogen-bond acceptors (Lipinski definition) is 2. The van der Waals surface area contributed by atoms with Crippen molar-refractivity contribution in [2.24, 2.45) is 0 Å². The summed E-state index contributed by atoms with van der Waals surface area (Å²) in [6, 6.07) is 14.1. The number of piperazine rings is 1. The Labute approximate surface area is 167 Å². The molecule has 27 heavy (non-hydrogen) atoms. The molecule has 2 aromatic rings. The second kappa shape index (κ2) is 8.77. The third-order valence-corrected chi connectivity index (χ3v) is 5.76. The van der Waals surface area contributed by atoms with Crippen LogP contribution < -0.4 is 15.1 Å². The largest absolute Gasteiger partial charge is 0.360 e. The van der Waals surface area contributed by atoms with Gasteiger partial charge in [0.2, 0.25) is 0 Å². The molecule has 1 heterocycles. The average molecular weight is 387 g/mol. The molecule has 2 N–H and O–H groups in total. The zero-order valence-electron chi connectivity index (χ0n) is 16.4. The SMILES string of the molecule is Cc1cccc(N2CC[NH+](CC(=O)N[C@H](C)c3cccc(Cl)c3)CC2)c1C. The number of benzene rings is 2. The Balaban J connectivity index is 1.50. The first kappa shape index (κ1) is 19.7. The number of amides is 1. The molecule has 1 aliphatic heterocycles. The molecule has 0 unspecified atom stereocenters. The Morgan fingerprint density at radius 1 is 1.19 bits per heavy atom. The Hall–Kier alpha value is -2.04. The lowest BCUT2D eigenvalue weighted by Crippen LogP contribution is -3.16. The minimum absolute atomic E-state index is 0.0353. The highest BCUT2D eigenvalue weighted by Crippen LogP contribution is 2.22. The van der Waals surface area contributed by atoms with E-state index >= 15 is 0 Å². The molecule has 0 saturated carbocycles. The van der Waals surface area contributed by atoms with Gasteiger partial charge in [-0.25, -0.2) is 0 Å². The van der Waals surface area contributed by atoms with E-state index in [1.807, 2.05) is 31.2 Å². The maximum Gasteiger partial charge on any atom is 0.275 e. The van der Waals surface area contributed by atoms with Crippen LogP contribution in [0.25, 0.3) is 0 Å². The van der Waals surface area contributed by atoms with E-state index in [-0.39, 0.29) is 11.9 Å². The second-order valence-electron chi connectivity index (χ2n) is 7.48. The minimum atomic E-state index is -0.0353. The van der Waals surface area contributed by atoms with Gasteiger partial charge in [0.1, 0.15) is 0 Å². The van der Waals surface area contributed by atoms with Gasteiger partial charge in [-0.3, -0.25) is 4.79 Å². The quantitative estimate of drug-likeness (QED) is 0.828. The van der Waals surface area contributed by atoms with Crippen molar-refractivity contribution in [3.8, 4) is 0 Å². The maximum atomic E-state index is 12.5. The van der Waals surface area contributed by atoms with Crippen LogP contribution in [-0.2, 0) is 4.79 Å². The molecule has 0 radical (unpaired) electrons. The van der Waals surface area contributed by atoms with Crippen LogP contribution in [0.4, 0.5) is 5.69 Å². The van der Waals surface area contributed by atoms with Crippen molar-refractivity contribution in [2.45, 2.75) is 26.8 Å². The molecule has 4 nitrogen and oxygen atoms in total. The first-order chi connectivity index (χ1) is 12.9. The fourth-order valence-corrected chi connectivity index (χ4v) is 3.90. The highest BCUT2D eigenvalue weighted by atomic mass is 35.5. The summed E-state index contributed by atoms with van der Waals surface area (Å²) < 4.78 is 0. The molecule has 1 fully saturated rings. The van der Waals surface area contributed by atoms with E-state index in [1.54, 1.807) is 0 Å². The van der Waals surface area contributed by atoms with Gasteiger partial charge in [0, 0.05) is 10.7 Å². The number of anilines is 1. The smallest absolute Gasteiger partial charge is 0.275 e. The molecule has 1 aliphatic rings. The van der Waals surface area contributed by atoms with Gasteiger partial charge in [0.25, 0.3) is 5.91 Å². The number of quaternary nitrogens is 1. The number of nitrogens with one attached hydrogen (secondary N) is 2. The van der Waals surface area contributed by atoms with Crippen molar-refractivity contribution in [1.29, 1.82) is 0 Å². The van der Waals surface area contributed by atoms with E-state index in [2.05, 4.69) is 42.3 Å². The van der Waals surface area contributed by atoms with Crippen LogP contribution in [0.2, 0.25) is 5.02 Å². The van der Waals surface area contributed by atoms with Gasteiger partial charge in [0.05, 0.1) is 32.2 Å². The number of halogens is 1. The van der Waals surface area contributed by atoms with Gasteiger partial charge >= 0.3 is 0 Å². The van der Waals surface area contributed by atoms with E-state index in [9.17, 15) is 4.79 Å². The molecule has 3 rings (SSSR count). The predicted molar refractivity (Wildman–Crippen MR) is 112 cm³/mol. The van der Waals surface area contributed by atoms with Crippen LogP contribution in [0.3, 0.4) is 0 Å². The van der Waals surface area contributed by atoms with E-state index in [1.165, 1.54) is 21.7 Å². The molecule has 5 heteroatoms. The Morgan fingerprint density at radius 3 is 2.59 bits per heavy atom. The van der Waals surface area contributed by atoms with Crippen LogP contribution in [0.5, 0.6) is 0 Å². The van der Waals surface area contributed by atoms with Crippen LogP contribution in [0, 0.1) is 13.8 Å². The van der Waals surface area contributed by atoms with Crippen LogP contribution in [0.1, 0.15) is 29.7 Å². The van der Waals surface area contributed by atoms with Gasteiger partial charge in [-0.2, -0.15) is 0 Å². The molecule has 0 aliphatic carbocycles. The molecule has 0 spiro atoms. The minimum Gasteiger partial charge on any atom is -0.360 e. The number of aryl methyl sites for hydroxylation is 1. The molecule has 1 atom stereocenters. The summed E-state index contributed by atoms with van der Waals surface area (Å²) in [7, 11) is 0. The molecular weight excluding hydrogens is 358 g/mol. The Bertz CT molecular complexity index is 800. The van der Waals surface area contributed by atoms with Gasteiger partial charge < -0.3 is 15.1 Å². The van der Waals surface area contributed by atoms with Crippen molar-refractivity contribution >= 4 is 23.2 Å². The first-order valence-electron chi connectivity index (χ1n) is 9.63. The Kier molecular flexibility index (Phi) is 6.40. The molecule has 144 valence electrons. The highest BCUT2D eigenvalue weighted by Gasteiger charge is 2.24. The van der Waals surface area contributed by atoms with Crippen LogP contribution >= 0.6 is 11.6 Å². The predicted octanol–water partition coefficient (Wildman–Crippen LogP) is 2.54. The van der Waals surface area contributed by atoms with Gasteiger partial charge in [-0.1, -0.05) is 35.9 Å². The zero-order valence-corrected chi connectivity index (χ0v) is 17.1. The van der Waals surface area contributed by atoms with Gasteiger partial charge in [-0.05, 0) is 55.7 Å². The first-order valence-corrected chi connectivity index (χ1v) is 10.0. The van der Waals surface area contributed by atoms with Crippen molar-refractivity contribution in [1.82, 2.24) is 5.32 Å². The number of nitrogens with zero attached hydrogens (tertiary/aromatic N) is 1. The monoisotopic (exact) mass is 386 g/mol. The number of carbonyl (C=O) groups is 1. The lowest BCUT2D eigenvalue weighted by Gasteiger charge is -2.34. The van der Waals surface area contributed by atoms with Crippen LogP contribution in [-0.4, -0.2) is 38.6 Å². The average Bonchev–Trinajstić information content (AvgIpc) is 2.64. The molecular formula is C22H29ClN3O+. The van der Waals surface area contributed by atoms with Crippen molar-refractivity contribution in [3.05, 3.63) is 64.2 Å².